The summed E-state index contributed by atoms with van der Waals surface area (Å²) in [6.07, 6.45) is 0.350. The van der Waals surface area contributed by atoms with Crippen LogP contribution in [0.5, 0.6) is 0 Å². The Morgan fingerprint density at radius 2 is 2.26 bits per heavy atom. The zero-order valence-electron chi connectivity index (χ0n) is 11.5. The highest BCUT2D eigenvalue weighted by atomic mass is 32.2. The number of rotatable bonds is 4. The maximum atomic E-state index is 5.77. The largest absolute Gasteiger partial charge is 0.374 e. The van der Waals surface area contributed by atoms with Crippen molar-refractivity contribution in [3.63, 3.8) is 0 Å². The van der Waals surface area contributed by atoms with Crippen molar-refractivity contribution in [2.45, 2.75) is 16.9 Å². The van der Waals surface area contributed by atoms with Crippen LogP contribution in [0.3, 0.4) is 0 Å². The van der Waals surface area contributed by atoms with E-state index in [9.17, 15) is 0 Å². The number of nitrogens with zero attached hydrogens (tertiary/aromatic N) is 1. The topological polar surface area (TPSA) is 24.5 Å². The van der Waals surface area contributed by atoms with Crippen molar-refractivity contribution in [3.8, 4) is 0 Å². The molecule has 0 spiro atoms. The Kier molecular flexibility index (Phi) is 4.43. The molecule has 3 rings (SSSR count). The summed E-state index contributed by atoms with van der Waals surface area (Å²) in [7, 11) is 2.21. The minimum Gasteiger partial charge on any atom is -0.374 e. The summed E-state index contributed by atoms with van der Waals surface area (Å²) in [5, 5.41) is 3.39. The molecule has 104 valence electrons. The number of ether oxygens (including phenoxy) is 1. The van der Waals surface area contributed by atoms with E-state index in [2.05, 4.69) is 41.5 Å². The molecule has 2 unspecified atom stereocenters. The summed E-state index contributed by atoms with van der Waals surface area (Å²) in [4.78, 5) is 3.89. The number of hydrogen-bond acceptors (Lipinski definition) is 4. The van der Waals surface area contributed by atoms with Gasteiger partial charge in [-0.15, -0.1) is 11.8 Å². The van der Waals surface area contributed by atoms with E-state index >= 15 is 0 Å². The predicted octanol–water partition coefficient (Wildman–Crippen LogP) is 1.80. The van der Waals surface area contributed by atoms with Gasteiger partial charge in [0, 0.05) is 42.7 Å². The van der Waals surface area contributed by atoms with Crippen LogP contribution in [-0.2, 0) is 4.74 Å². The first-order chi connectivity index (χ1) is 9.33. The van der Waals surface area contributed by atoms with E-state index in [1.54, 1.807) is 0 Å². The highest BCUT2D eigenvalue weighted by Crippen LogP contribution is 2.39. The SMILES string of the molecule is CN(CC1CNCCO1)CC1CSc2ccccc21. The molecule has 2 aliphatic rings. The number of morpholine rings is 1. The van der Waals surface area contributed by atoms with Gasteiger partial charge in [-0.3, -0.25) is 0 Å². The molecule has 2 atom stereocenters. The third-order valence-electron chi connectivity index (χ3n) is 3.85. The van der Waals surface area contributed by atoms with Crippen LogP contribution in [0, 0.1) is 0 Å². The molecule has 0 aromatic heterocycles. The molecule has 2 aliphatic heterocycles. The van der Waals surface area contributed by atoms with E-state index in [0.29, 0.717) is 12.0 Å². The Labute approximate surface area is 119 Å². The molecule has 1 N–H and O–H groups in total. The Hall–Kier alpha value is -0.550. The first kappa shape index (κ1) is 13.4. The molecule has 1 saturated heterocycles. The molecule has 0 bridgehead atoms. The van der Waals surface area contributed by atoms with E-state index in [1.807, 2.05) is 11.8 Å². The van der Waals surface area contributed by atoms with Crippen LogP contribution in [0.4, 0.5) is 0 Å². The van der Waals surface area contributed by atoms with Crippen molar-refractivity contribution in [2.24, 2.45) is 0 Å². The second-order valence-corrected chi connectivity index (χ2v) is 6.53. The van der Waals surface area contributed by atoms with Gasteiger partial charge in [-0.1, -0.05) is 18.2 Å². The van der Waals surface area contributed by atoms with Gasteiger partial charge < -0.3 is 15.0 Å². The fourth-order valence-corrected chi connectivity index (χ4v) is 4.16. The molecule has 1 fully saturated rings. The summed E-state index contributed by atoms with van der Waals surface area (Å²) in [6.45, 7) is 4.98. The second kappa shape index (κ2) is 6.27. The Bertz CT molecular complexity index is 420. The lowest BCUT2D eigenvalue weighted by atomic mass is 10.0. The van der Waals surface area contributed by atoms with Crippen molar-refractivity contribution in [1.82, 2.24) is 10.2 Å². The van der Waals surface area contributed by atoms with E-state index in [4.69, 9.17) is 4.74 Å². The van der Waals surface area contributed by atoms with Crippen molar-refractivity contribution in [3.05, 3.63) is 29.8 Å². The quantitative estimate of drug-likeness (QED) is 0.907. The Morgan fingerprint density at radius 1 is 1.37 bits per heavy atom. The van der Waals surface area contributed by atoms with Crippen molar-refractivity contribution >= 4 is 11.8 Å². The maximum Gasteiger partial charge on any atom is 0.0826 e. The van der Waals surface area contributed by atoms with Gasteiger partial charge in [-0.25, -0.2) is 0 Å². The van der Waals surface area contributed by atoms with Gasteiger partial charge in [0.1, 0.15) is 0 Å². The maximum absolute atomic E-state index is 5.77. The summed E-state index contributed by atoms with van der Waals surface area (Å²) in [6, 6.07) is 8.83. The lowest BCUT2D eigenvalue weighted by Gasteiger charge is -2.29. The molecule has 0 aliphatic carbocycles. The molecule has 0 saturated carbocycles. The van der Waals surface area contributed by atoms with Crippen LogP contribution in [-0.4, -0.2) is 56.6 Å². The summed E-state index contributed by atoms with van der Waals surface area (Å²) in [5.41, 5.74) is 1.53. The zero-order valence-corrected chi connectivity index (χ0v) is 12.3. The number of thioether (sulfide) groups is 1. The zero-order chi connectivity index (χ0) is 13.1. The first-order valence-corrected chi connectivity index (χ1v) is 8.04. The van der Waals surface area contributed by atoms with Crippen LogP contribution < -0.4 is 5.32 Å². The number of likely N-dealkylation sites (N-methyl/N-ethyl adjacent to an activating group) is 1. The van der Waals surface area contributed by atoms with Gasteiger partial charge in [0.05, 0.1) is 12.7 Å². The summed E-state index contributed by atoms with van der Waals surface area (Å²) < 4.78 is 5.77. The van der Waals surface area contributed by atoms with Gasteiger partial charge in [-0.05, 0) is 18.7 Å². The molecule has 1 aromatic carbocycles. The molecule has 3 nitrogen and oxygen atoms in total. The lowest BCUT2D eigenvalue weighted by molar-refractivity contribution is 0.00950. The Balaban J connectivity index is 1.54. The molecule has 1 aromatic rings. The molecule has 4 heteroatoms. The van der Waals surface area contributed by atoms with Crippen molar-refractivity contribution in [1.29, 1.82) is 0 Å². The molecular weight excluding hydrogens is 256 g/mol. The first-order valence-electron chi connectivity index (χ1n) is 7.05. The minimum atomic E-state index is 0.350. The normalized spacial score (nSPS) is 26.6. The van der Waals surface area contributed by atoms with E-state index in [0.717, 1.165) is 32.8 Å². The van der Waals surface area contributed by atoms with Crippen LogP contribution in [0.2, 0.25) is 0 Å². The van der Waals surface area contributed by atoms with E-state index in [1.165, 1.54) is 16.2 Å². The second-order valence-electron chi connectivity index (χ2n) is 5.46. The number of fused-ring (bicyclic) bond motifs is 1. The number of benzene rings is 1. The average molecular weight is 278 g/mol. The van der Waals surface area contributed by atoms with Crippen LogP contribution in [0.15, 0.2) is 29.2 Å². The average Bonchev–Trinajstić information content (AvgIpc) is 2.83. The van der Waals surface area contributed by atoms with Gasteiger partial charge in [0.25, 0.3) is 0 Å². The smallest absolute Gasteiger partial charge is 0.0826 e. The Morgan fingerprint density at radius 3 is 3.11 bits per heavy atom. The lowest BCUT2D eigenvalue weighted by Crippen LogP contribution is -2.45. The minimum absolute atomic E-state index is 0.350. The fourth-order valence-electron chi connectivity index (χ4n) is 2.92. The van der Waals surface area contributed by atoms with Crippen LogP contribution >= 0.6 is 11.8 Å². The highest BCUT2D eigenvalue weighted by molar-refractivity contribution is 7.99. The fraction of sp³-hybridized carbons (Fsp3) is 0.600. The molecule has 19 heavy (non-hydrogen) atoms. The third-order valence-corrected chi connectivity index (χ3v) is 5.10. The van der Waals surface area contributed by atoms with Crippen molar-refractivity contribution < 1.29 is 4.74 Å². The summed E-state index contributed by atoms with van der Waals surface area (Å²) in [5.74, 6) is 1.88. The number of hydrogen-bond donors (Lipinski definition) is 1. The van der Waals surface area contributed by atoms with Gasteiger partial charge >= 0.3 is 0 Å². The third kappa shape index (κ3) is 3.31. The molecule has 0 amide bonds. The number of nitrogens with one attached hydrogen (secondary N) is 1. The van der Waals surface area contributed by atoms with Gasteiger partial charge in [-0.2, -0.15) is 0 Å². The van der Waals surface area contributed by atoms with Gasteiger partial charge in [0.15, 0.2) is 0 Å². The van der Waals surface area contributed by atoms with Crippen LogP contribution in [0.1, 0.15) is 11.5 Å². The standard InChI is InChI=1S/C15H22N2OS/c1-17(10-13-8-16-6-7-18-13)9-12-11-19-15-5-3-2-4-14(12)15/h2-5,12-13,16H,6-11H2,1H3. The monoisotopic (exact) mass is 278 g/mol. The van der Waals surface area contributed by atoms with Crippen LogP contribution in [0.25, 0.3) is 0 Å². The summed E-state index contributed by atoms with van der Waals surface area (Å²) >= 11 is 1.99. The molecule has 0 radical (unpaired) electrons. The molecular formula is C15H22N2OS. The molecule has 2 heterocycles. The highest BCUT2D eigenvalue weighted by Gasteiger charge is 2.25. The van der Waals surface area contributed by atoms with Gasteiger partial charge in [0.2, 0.25) is 0 Å². The van der Waals surface area contributed by atoms with E-state index < -0.39 is 0 Å². The predicted molar refractivity (Wildman–Crippen MR) is 80.0 cm³/mol. The van der Waals surface area contributed by atoms with Crippen molar-refractivity contribution in [2.75, 3.05) is 45.6 Å². The van der Waals surface area contributed by atoms with E-state index in [-0.39, 0.29) is 0 Å².